The van der Waals surface area contributed by atoms with E-state index in [1.807, 2.05) is 19.0 Å². The highest BCUT2D eigenvalue weighted by molar-refractivity contribution is 7.89. The van der Waals surface area contributed by atoms with Gasteiger partial charge >= 0.3 is 0 Å². The topological polar surface area (TPSA) is 58.6 Å². The summed E-state index contributed by atoms with van der Waals surface area (Å²) >= 11 is 0. The summed E-state index contributed by atoms with van der Waals surface area (Å²) < 4.78 is 32.5. The summed E-state index contributed by atoms with van der Waals surface area (Å²) in [6, 6.07) is 5.09. The number of aryl methyl sites for hydroxylation is 1. The molecule has 0 atom stereocenters. The van der Waals surface area contributed by atoms with E-state index in [0.29, 0.717) is 18.0 Å². The fourth-order valence-electron chi connectivity index (χ4n) is 2.19. The van der Waals surface area contributed by atoms with Crippen molar-refractivity contribution in [2.75, 3.05) is 33.8 Å². The van der Waals surface area contributed by atoms with Crippen molar-refractivity contribution in [2.24, 2.45) is 0 Å². The van der Waals surface area contributed by atoms with Crippen molar-refractivity contribution < 1.29 is 13.2 Å². The van der Waals surface area contributed by atoms with Gasteiger partial charge in [-0.3, -0.25) is 0 Å². The zero-order valence-corrected chi connectivity index (χ0v) is 12.9. The Morgan fingerprint density at radius 1 is 1.35 bits per heavy atom. The number of fused-ring (bicyclic) bond motifs is 1. The summed E-state index contributed by atoms with van der Waals surface area (Å²) in [7, 11) is 0.525. The lowest BCUT2D eigenvalue weighted by Gasteiger charge is -2.18. The second-order valence-electron chi connectivity index (χ2n) is 5.28. The lowest BCUT2D eigenvalue weighted by Crippen LogP contribution is -2.27. The van der Waals surface area contributed by atoms with Crippen LogP contribution < -0.4 is 9.46 Å². The first kappa shape index (κ1) is 15.3. The molecule has 1 aliphatic heterocycles. The Morgan fingerprint density at radius 3 is 2.90 bits per heavy atom. The van der Waals surface area contributed by atoms with Crippen molar-refractivity contribution in [1.82, 2.24) is 9.62 Å². The van der Waals surface area contributed by atoms with E-state index >= 15 is 0 Å². The van der Waals surface area contributed by atoms with Gasteiger partial charge in [-0.05, 0) is 63.7 Å². The highest BCUT2D eigenvalue weighted by Crippen LogP contribution is 2.27. The van der Waals surface area contributed by atoms with Crippen molar-refractivity contribution in [3.8, 4) is 5.75 Å². The quantitative estimate of drug-likeness (QED) is 0.803. The van der Waals surface area contributed by atoms with Crippen LogP contribution >= 0.6 is 0 Å². The molecule has 0 bridgehead atoms. The van der Waals surface area contributed by atoms with Gasteiger partial charge in [-0.1, -0.05) is 0 Å². The molecule has 0 fully saturated rings. The van der Waals surface area contributed by atoms with Crippen LogP contribution in [0.5, 0.6) is 5.75 Å². The Kier molecular flexibility index (Phi) is 5.01. The molecule has 0 amide bonds. The van der Waals surface area contributed by atoms with Crippen molar-refractivity contribution in [2.45, 2.75) is 24.2 Å². The first-order chi connectivity index (χ1) is 9.49. The number of hydrogen-bond acceptors (Lipinski definition) is 4. The van der Waals surface area contributed by atoms with Crippen LogP contribution in [-0.4, -0.2) is 47.1 Å². The molecular weight excluding hydrogens is 276 g/mol. The fourth-order valence-corrected chi connectivity index (χ4v) is 3.31. The van der Waals surface area contributed by atoms with Crippen LogP contribution in [0.3, 0.4) is 0 Å². The van der Waals surface area contributed by atoms with Crippen LogP contribution in [0.1, 0.15) is 18.4 Å². The van der Waals surface area contributed by atoms with Crippen molar-refractivity contribution in [3.63, 3.8) is 0 Å². The highest BCUT2D eigenvalue weighted by Gasteiger charge is 2.17. The molecule has 0 aliphatic carbocycles. The molecule has 20 heavy (non-hydrogen) atoms. The maximum Gasteiger partial charge on any atom is 0.240 e. The Hall–Kier alpha value is -1.11. The highest BCUT2D eigenvalue weighted by atomic mass is 32.2. The molecule has 112 valence electrons. The van der Waals surface area contributed by atoms with Gasteiger partial charge < -0.3 is 9.64 Å². The molecule has 2 rings (SSSR count). The standard InChI is InChI=1S/C14H22N2O3S/c1-16(2)9-4-8-15-20(17,18)13-6-7-14-12(11-13)5-3-10-19-14/h6-7,11,15H,3-5,8-10H2,1-2H3. The van der Waals surface area contributed by atoms with Gasteiger partial charge in [-0.25, -0.2) is 13.1 Å². The molecule has 0 radical (unpaired) electrons. The minimum Gasteiger partial charge on any atom is -0.493 e. The van der Waals surface area contributed by atoms with E-state index in [0.717, 1.165) is 37.1 Å². The molecule has 0 spiro atoms. The molecule has 0 unspecified atom stereocenters. The second-order valence-corrected chi connectivity index (χ2v) is 7.04. The number of nitrogens with one attached hydrogen (secondary N) is 1. The van der Waals surface area contributed by atoms with Crippen LogP contribution in [-0.2, 0) is 16.4 Å². The van der Waals surface area contributed by atoms with Gasteiger partial charge in [0.25, 0.3) is 0 Å². The van der Waals surface area contributed by atoms with Gasteiger partial charge in [0.1, 0.15) is 5.75 Å². The normalized spacial score (nSPS) is 14.9. The zero-order chi connectivity index (χ0) is 14.6. The van der Waals surface area contributed by atoms with E-state index in [9.17, 15) is 8.42 Å². The summed E-state index contributed by atoms with van der Waals surface area (Å²) in [6.07, 6.45) is 2.60. The maximum atomic E-state index is 12.2. The monoisotopic (exact) mass is 298 g/mol. The molecule has 1 N–H and O–H groups in total. The molecule has 0 aromatic heterocycles. The molecule has 0 saturated carbocycles. The number of rotatable bonds is 6. The molecule has 1 aromatic carbocycles. The SMILES string of the molecule is CN(C)CCCNS(=O)(=O)c1ccc2c(c1)CCCO2. The molecule has 1 aliphatic rings. The van der Waals surface area contributed by atoms with E-state index in [4.69, 9.17) is 4.74 Å². The number of nitrogens with zero attached hydrogens (tertiary/aromatic N) is 1. The van der Waals surface area contributed by atoms with E-state index in [1.165, 1.54) is 0 Å². The first-order valence-corrected chi connectivity index (χ1v) is 8.37. The Bertz CT molecular complexity index is 556. The molecule has 6 heteroatoms. The average molecular weight is 298 g/mol. The van der Waals surface area contributed by atoms with Crippen molar-refractivity contribution in [3.05, 3.63) is 23.8 Å². The molecular formula is C14H22N2O3S. The minimum atomic E-state index is -3.42. The number of ether oxygens (including phenoxy) is 1. The third kappa shape index (κ3) is 3.94. The number of sulfonamides is 1. The van der Waals surface area contributed by atoms with Crippen LogP contribution in [0.25, 0.3) is 0 Å². The second kappa shape index (κ2) is 6.56. The Balaban J connectivity index is 2.02. The molecule has 1 heterocycles. The third-order valence-corrected chi connectivity index (χ3v) is 4.72. The van der Waals surface area contributed by atoms with Gasteiger partial charge in [-0.15, -0.1) is 0 Å². The van der Waals surface area contributed by atoms with Crippen molar-refractivity contribution >= 4 is 10.0 Å². The lowest BCUT2D eigenvalue weighted by molar-refractivity contribution is 0.288. The largest absolute Gasteiger partial charge is 0.493 e. The Labute approximate surface area is 121 Å². The summed E-state index contributed by atoms with van der Waals surface area (Å²) in [5.74, 6) is 0.808. The van der Waals surface area contributed by atoms with Crippen LogP contribution in [0, 0.1) is 0 Å². The first-order valence-electron chi connectivity index (χ1n) is 6.89. The third-order valence-electron chi connectivity index (χ3n) is 3.26. The zero-order valence-electron chi connectivity index (χ0n) is 12.1. The Morgan fingerprint density at radius 2 is 2.15 bits per heavy atom. The van der Waals surface area contributed by atoms with Gasteiger partial charge in [-0.2, -0.15) is 0 Å². The van der Waals surface area contributed by atoms with E-state index in [2.05, 4.69) is 4.72 Å². The molecule has 5 nitrogen and oxygen atoms in total. The minimum absolute atomic E-state index is 0.326. The summed E-state index contributed by atoms with van der Waals surface area (Å²) in [6.45, 7) is 2.02. The molecule has 0 saturated heterocycles. The predicted molar refractivity (Wildman–Crippen MR) is 78.6 cm³/mol. The van der Waals surface area contributed by atoms with Crippen molar-refractivity contribution in [1.29, 1.82) is 0 Å². The predicted octanol–water partition coefficient (Wildman–Crippen LogP) is 1.24. The van der Waals surface area contributed by atoms with Gasteiger partial charge in [0.15, 0.2) is 0 Å². The number of benzene rings is 1. The fraction of sp³-hybridized carbons (Fsp3) is 0.571. The summed E-state index contributed by atoms with van der Waals surface area (Å²) in [4.78, 5) is 2.36. The van der Waals surface area contributed by atoms with E-state index in [1.54, 1.807) is 18.2 Å². The van der Waals surface area contributed by atoms with Crippen LogP contribution in [0.2, 0.25) is 0 Å². The van der Waals surface area contributed by atoms with Gasteiger partial charge in [0.2, 0.25) is 10.0 Å². The van der Waals surface area contributed by atoms with Crippen LogP contribution in [0.4, 0.5) is 0 Å². The summed E-state index contributed by atoms with van der Waals surface area (Å²) in [5, 5.41) is 0. The van der Waals surface area contributed by atoms with Crippen LogP contribution in [0.15, 0.2) is 23.1 Å². The van der Waals surface area contributed by atoms with E-state index in [-0.39, 0.29) is 0 Å². The summed E-state index contributed by atoms with van der Waals surface area (Å²) in [5.41, 5.74) is 0.979. The number of hydrogen-bond donors (Lipinski definition) is 1. The van der Waals surface area contributed by atoms with Gasteiger partial charge in [0, 0.05) is 6.54 Å². The smallest absolute Gasteiger partial charge is 0.240 e. The average Bonchev–Trinajstić information content (AvgIpc) is 2.43. The van der Waals surface area contributed by atoms with Gasteiger partial charge in [0.05, 0.1) is 11.5 Å². The maximum absolute atomic E-state index is 12.2. The molecule has 1 aromatic rings. The lowest BCUT2D eigenvalue weighted by atomic mass is 10.1. The van der Waals surface area contributed by atoms with E-state index < -0.39 is 10.0 Å².